The smallest absolute Gasteiger partial charge is 0.139 e. The van der Waals surface area contributed by atoms with E-state index in [0.717, 1.165) is 23.2 Å². The molecule has 2 aromatic heterocycles. The van der Waals surface area contributed by atoms with E-state index in [1.807, 2.05) is 12.1 Å². The lowest BCUT2D eigenvalue weighted by Gasteiger charge is -2.11. The molecule has 2 aromatic rings. The van der Waals surface area contributed by atoms with Crippen LogP contribution in [0.3, 0.4) is 0 Å². The van der Waals surface area contributed by atoms with E-state index in [0.29, 0.717) is 6.04 Å². The first-order valence-corrected chi connectivity index (χ1v) is 4.90. The SMILES string of the molecule is CCC(C)Nc1nccc2occc12. The van der Waals surface area contributed by atoms with Crippen LogP contribution >= 0.6 is 0 Å². The van der Waals surface area contributed by atoms with Crippen LogP contribution in [0.15, 0.2) is 29.0 Å². The molecule has 2 heterocycles. The molecule has 0 fully saturated rings. The molecule has 0 saturated heterocycles. The van der Waals surface area contributed by atoms with E-state index in [9.17, 15) is 0 Å². The van der Waals surface area contributed by atoms with E-state index in [2.05, 4.69) is 24.1 Å². The Balaban J connectivity index is 2.36. The van der Waals surface area contributed by atoms with Gasteiger partial charge in [0.2, 0.25) is 0 Å². The topological polar surface area (TPSA) is 38.1 Å². The molecule has 14 heavy (non-hydrogen) atoms. The van der Waals surface area contributed by atoms with Crippen LogP contribution < -0.4 is 5.32 Å². The Morgan fingerprint density at radius 3 is 3.14 bits per heavy atom. The Morgan fingerprint density at radius 2 is 2.36 bits per heavy atom. The van der Waals surface area contributed by atoms with Crippen molar-refractivity contribution >= 4 is 16.8 Å². The van der Waals surface area contributed by atoms with Gasteiger partial charge < -0.3 is 9.73 Å². The Bertz CT molecular complexity index is 422. The zero-order chi connectivity index (χ0) is 9.97. The van der Waals surface area contributed by atoms with Crippen molar-refractivity contribution in [3.8, 4) is 0 Å². The van der Waals surface area contributed by atoms with Gasteiger partial charge >= 0.3 is 0 Å². The lowest BCUT2D eigenvalue weighted by Crippen LogP contribution is -2.14. The van der Waals surface area contributed by atoms with Crippen molar-refractivity contribution in [2.45, 2.75) is 26.3 Å². The largest absolute Gasteiger partial charge is 0.464 e. The number of anilines is 1. The number of hydrogen-bond acceptors (Lipinski definition) is 3. The fourth-order valence-corrected chi connectivity index (χ4v) is 1.35. The summed E-state index contributed by atoms with van der Waals surface area (Å²) in [6.45, 7) is 4.29. The number of pyridine rings is 1. The highest BCUT2D eigenvalue weighted by molar-refractivity contribution is 5.87. The van der Waals surface area contributed by atoms with Crippen molar-refractivity contribution in [1.82, 2.24) is 4.98 Å². The Labute approximate surface area is 83.1 Å². The van der Waals surface area contributed by atoms with Crippen molar-refractivity contribution in [2.75, 3.05) is 5.32 Å². The molecule has 0 aromatic carbocycles. The van der Waals surface area contributed by atoms with E-state index in [-0.39, 0.29) is 0 Å². The zero-order valence-corrected chi connectivity index (χ0v) is 8.45. The highest BCUT2D eigenvalue weighted by Crippen LogP contribution is 2.22. The third kappa shape index (κ3) is 1.58. The number of nitrogens with zero attached hydrogens (tertiary/aromatic N) is 1. The molecule has 1 atom stereocenters. The summed E-state index contributed by atoms with van der Waals surface area (Å²) in [5.41, 5.74) is 0.880. The molecule has 0 aliphatic heterocycles. The summed E-state index contributed by atoms with van der Waals surface area (Å²) in [7, 11) is 0. The Hall–Kier alpha value is -1.51. The molecule has 3 heteroatoms. The number of fused-ring (bicyclic) bond motifs is 1. The van der Waals surface area contributed by atoms with Gasteiger partial charge in [-0.15, -0.1) is 0 Å². The van der Waals surface area contributed by atoms with E-state index in [4.69, 9.17) is 4.42 Å². The second kappa shape index (κ2) is 3.70. The Kier molecular flexibility index (Phi) is 2.39. The maximum Gasteiger partial charge on any atom is 0.139 e. The van der Waals surface area contributed by atoms with E-state index >= 15 is 0 Å². The minimum Gasteiger partial charge on any atom is -0.464 e. The van der Waals surface area contributed by atoms with Gasteiger partial charge in [-0.2, -0.15) is 0 Å². The molecular weight excluding hydrogens is 176 g/mol. The summed E-state index contributed by atoms with van der Waals surface area (Å²) in [6, 6.07) is 4.24. The predicted molar refractivity (Wildman–Crippen MR) is 57.4 cm³/mol. The quantitative estimate of drug-likeness (QED) is 0.808. The highest BCUT2D eigenvalue weighted by Gasteiger charge is 2.06. The fraction of sp³-hybridized carbons (Fsp3) is 0.364. The summed E-state index contributed by atoms with van der Waals surface area (Å²) in [6.07, 6.45) is 4.53. The van der Waals surface area contributed by atoms with E-state index in [1.165, 1.54) is 0 Å². The lowest BCUT2D eigenvalue weighted by molar-refractivity contribution is 0.615. The molecule has 0 bridgehead atoms. The molecule has 0 aliphatic carbocycles. The molecule has 74 valence electrons. The zero-order valence-electron chi connectivity index (χ0n) is 8.45. The van der Waals surface area contributed by atoms with Crippen LogP contribution in [-0.4, -0.2) is 11.0 Å². The minimum absolute atomic E-state index is 0.433. The van der Waals surface area contributed by atoms with E-state index in [1.54, 1.807) is 12.5 Å². The summed E-state index contributed by atoms with van der Waals surface area (Å²) in [5, 5.41) is 4.40. The van der Waals surface area contributed by atoms with Crippen LogP contribution in [0.5, 0.6) is 0 Å². The van der Waals surface area contributed by atoms with Gasteiger partial charge in [0.1, 0.15) is 11.4 Å². The van der Waals surface area contributed by atoms with Crippen molar-refractivity contribution in [3.63, 3.8) is 0 Å². The van der Waals surface area contributed by atoms with Gasteiger partial charge in [0.15, 0.2) is 0 Å². The van der Waals surface area contributed by atoms with Crippen LogP contribution in [0.4, 0.5) is 5.82 Å². The molecule has 0 spiro atoms. The molecule has 3 nitrogen and oxygen atoms in total. The third-order valence-electron chi connectivity index (χ3n) is 2.38. The van der Waals surface area contributed by atoms with Gasteiger partial charge in [0, 0.05) is 12.2 Å². The fourth-order valence-electron chi connectivity index (χ4n) is 1.35. The van der Waals surface area contributed by atoms with Crippen LogP contribution in [0, 0.1) is 0 Å². The lowest BCUT2D eigenvalue weighted by atomic mass is 10.2. The molecule has 2 rings (SSSR count). The molecule has 0 aliphatic rings. The third-order valence-corrected chi connectivity index (χ3v) is 2.38. The number of nitrogens with one attached hydrogen (secondary N) is 1. The molecular formula is C11H14N2O. The van der Waals surface area contributed by atoms with Crippen molar-refractivity contribution in [1.29, 1.82) is 0 Å². The average molecular weight is 190 g/mol. The standard InChI is InChI=1S/C11H14N2O/c1-3-8(2)13-11-9-5-7-14-10(9)4-6-12-11/h4-8H,3H2,1-2H3,(H,12,13). The van der Waals surface area contributed by atoms with Gasteiger partial charge in [0.05, 0.1) is 11.6 Å². The first-order valence-electron chi connectivity index (χ1n) is 4.90. The van der Waals surface area contributed by atoms with Crippen LogP contribution in [0.25, 0.3) is 11.0 Å². The maximum absolute atomic E-state index is 5.29. The first kappa shape index (κ1) is 9.06. The van der Waals surface area contributed by atoms with Gasteiger partial charge in [-0.1, -0.05) is 6.92 Å². The molecule has 0 amide bonds. The molecule has 1 N–H and O–H groups in total. The second-order valence-electron chi connectivity index (χ2n) is 3.45. The molecule has 0 radical (unpaired) electrons. The molecule has 1 unspecified atom stereocenters. The first-order chi connectivity index (χ1) is 6.81. The van der Waals surface area contributed by atoms with Crippen molar-refractivity contribution in [2.24, 2.45) is 0 Å². The molecule has 0 saturated carbocycles. The number of aromatic nitrogens is 1. The summed E-state index contributed by atoms with van der Waals surface area (Å²) in [4.78, 5) is 4.30. The predicted octanol–water partition coefficient (Wildman–Crippen LogP) is 3.04. The maximum atomic E-state index is 5.29. The highest BCUT2D eigenvalue weighted by atomic mass is 16.3. The van der Waals surface area contributed by atoms with Crippen molar-refractivity contribution < 1.29 is 4.42 Å². The minimum atomic E-state index is 0.433. The monoisotopic (exact) mass is 190 g/mol. The van der Waals surface area contributed by atoms with E-state index < -0.39 is 0 Å². The average Bonchev–Trinajstić information content (AvgIpc) is 2.66. The van der Waals surface area contributed by atoms with Gasteiger partial charge in [-0.05, 0) is 25.5 Å². The van der Waals surface area contributed by atoms with Gasteiger partial charge in [0.25, 0.3) is 0 Å². The van der Waals surface area contributed by atoms with Gasteiger partial charge in [-0.25, -0.2) is 4.98 Å². The van der Waals surface area contributed by atoms with Crippen LogP contribution in [-0.2, 0) is 0 Å². The second-order valence-corrected chi connectivity index (χ2v) is 3.45. The summed E-state index contributed by atoms with van der Waals surface area (Å²) in [5.74, 6) is 0.908. The van der Waals surface area contributed by atoms with Crippen molar-refractivity contribution in [3.05, 3.63) is 24.6 Å². The summed E-state index contributed by atoms with van der Waals surface area (Å²) >= 11 is 0. The number of hydrogen-bond donors (Lipinski definition) is 1. The summed E-state index contributed by atoms with van der Waals surface area (Å²) < 4.78 is 5.29. The normalized spacial score (nSPS) is 13.0. The van der Waals surface area contributed by atoms with Crippen LogP contribution in [0.1, 0.15) is 20.3 Å². The Morgan fingerprint density at radius 1 is 1.50 bits per heavy atom. The van der Waals surface area contributed by atoms with Gasteiger partial charge in [-0.3, -0.25) is 0 Å². The van der Waals surface area contributed by atoms with Crippen LogP contribution in [0.2, 0.25) is 0 Å². The number of furan rings is 1. The number of rotatable bonds is 3.